The van der Waals surface area contributed by atoms with E-state index in [1.807, 2.05) is 11.8 Å². The molecule has 1 N–H and O–H groups in total. The van der Waals surface area contributed by atoms with Gasteiger partial charge in [-0.05, 0) is 50.5 Å². The Kier molecular flexibility index (Phi) is 5.38. The Morgan fingerprint density at radius 2 is 1.84 bits per heavy atom. The number of likely N-dealkylation sites (tertiary alicyclic amines) is 1. The van der Waals surface area contributed by atoms with Crippen molar-refractivity contribution in [2.75, 3.05) is 18.4 Å². The molecule has 0 atom stereocenters. The van der Waals surface area contributed by atoms with Gasteiger partial charge in [-0.2, -0.15) is 5.10 Å². The zero-order valence-corrected chi connectivity index (χ0v) is 14.9. The molecule has 2 heterocycles. The van der Waals surface area contributed by atoms with Crippen molar-refractivity contribution in [2.45, 2.75) is 32.7 Å². The highest BCUT2D eigenvalue weighted by Crippen LogP contribution is 2.18. The Balaban J connectivity index is 1.66. The molecule has 1 aliphatic rings. The zero-order valence-electron chi connectivity index (χ0n) is 14.2. The van der Waals surface area contributed by atoms with E-state index >= 15 is 0 Å². The lowest BCUT2D eigenvalue weighted by atomic mass is 10.1. The van der Waals surface area contributed by atoms with E-state index in [0.29, 0.717) is 22.8 Å². The van der Waals surface area contributed by atoms with Crippen molar-refractivity contribution in [1.82, 2.24) is 14.7 Å². The molecule has 2 aromatic rings. The molecule has 1 aliphatic heterocycles. The number of halogens is 1. The smallest absolute Gasteiger partial charge is 0.277 e. The first kappa shape index (κ1) is 17.5. The number of aromatic nitrogens is 2. The summed E-state index contributed by atoms with van der Waals surface area (Å²) in [5.74, 6) is -0.324. The van der Waals surface area contributed by atoms with Crippen LogP contribution in [0.5, 0.6) is 0 Å². The van der Waals surface area contributed by atoms with E-state index in [4.69, 9.17) is 11.6 Å². The number of aryl methyl sites for hydroxylation is 1. The number of amides is 2. The average Bonchev–Trinajstić information content (AvgIpc) is 3.03. The number of hydrogen-bond donors (Lipinski definition) is 1. The van der Waals surface area contributed by atoms with Gasteiger partial charge in [-0.3, -0.25) is 14.3 Å². The topological polar surface area (TPSA) is 67.2 Å². The minimum absolute atomic E-state index is 0.0438. The molecule has 0 unspecified atom stereocenters. The quantitative estimate of drug-likeness (QED) is 0.908. The number of nitrogens with one attached hydrogen (secondary N) is 1. The number of piperidine rings is 1. The Labute approximate surface area is 151 Å². The van der Waals surface area contributed by atoms with E-state index in [1.54, 1.807) is 35.1 Å². The fourth-order valence-corrected chi connectivity index (χ4v) is 3.12. The Morgan fingerprint density at radius 1 is 1.16 bits per heavy atom. The van der Waals surface area contributed by atoms with Gasteiger partial charge in [0, 0.05) is 37.1 Å². The molecule has 132 valence electrons. The predicted octanol–water partition coefficient (Wildman–Crippen LogP) is 3.43. The van der Waals surface area contributed by atoms with Crippen LogP contribution in [0.3, 0.4) is 0 Å². The number of anilines is 1. The van der Waals surface area contributed by atoms with Gasteiger partial charge in [0.25, 0.3) is 11.8 Å². The van der Waals surface area contributed by atoms with Crippen molar-refractivity contribution in [3.63, 3.8) is 0 Å². The number of benzene rings is 1. The van der Waals surface area contributed by atoms with Crippen molar-refractivity contribution in [1.29, 1.82) is 0 Å². The van der Waals surface area contributed by atoms with Gasteiger partial charge in [-0.15, -0.1) is 0 Å². The van der Waals surface area contributed by atoms with Crippen LogP contribution >= 0.6 is 11.6 Å². The highest BCUT2D eigenvalue weighted by atomic mass is 35.5. The molecule has 0 bridgehead atoms. The Bertz CT molecular complexity index is 764. The summed E-state index contributed by atoms with van der Waals surface area (Å²) in [6, 6.07) is 6.91. The molecule has 1 aromatic carbocycles. The maximum Gasteiger partial charge on any atom is 0.277 e. The Morgan fingerprint density at radius 3 is 2.44 bits per heavy atom. The summed E-state index contributed by atoms with van der Waals surface area (Å²) in [5.41, 5.74) is 1.42. The SMILES string of the molecule is CCn1cc(Cl)c(C(=O)Nc2ccc(C(=O)N3CCCCC3)cc2)n1. The summed E-state index contributed by atoms with van der Waals surface area (Å²) in [5, 5.41) is 7.22. The van der Waals surface area contributed by atoms with E-state index in [-0.39, 0.29) is 17.5 Å². The molecule has 0 aliphatic carbocycles. The summed E-state index contributed by atoms with van der Waals surface area (Å²) in [4.78, 5) is 26.6. The lowest BCUT2D eigenvalue weighted by Crippen LogP contribution is -2.35. The van der Waals surface area contributed by atoms with Crippen molar-refractivity contribution >= 4 is 29.1 Å². The number of carbonyl (C=O) groups excluding carboxylic acids is 2. The van der Waals surface area contributed by atoms with Crippen molar-refractivity contribution in [2.24, 2.45) is 0 Å². The van der Waals surface area contributed by atoms with Crippen LogP contribution in [0.15, 0.2) is 30.5 Å². The van der Waals surface area contributed by atoms with Crippen LogP contribution in [0.1, 0.15) is 47.0 Å². The summed E-state index contributed by atoms with van der Waals surface area (Å²) < 4.78 is 1.61. The molecular weight excluding hydrogens is 340 g/mol. The highest BCUT2D eigenvalue weighted by molar-refractivity contribution is 6.34. The molecule has 0 saturated carbocycles. The van der Waals surface area contributed by atoms with Gasteiger partial charge in [-0.25, -0.2) is 0 Å². The third-order valence-corrected chi connectivity index (χ3v) is 4.57. The molecule has 3 rings (SSSR count). The molecule has 1 fully saturated rings. The minimum Gasteiger partial charge on any atom is -0.339 e. The molecule has 6 nitrogen and oxygen atoms in total. The standard InChI is InChI=1S/C18H21ClN4O2/c1-2-23-12-15(19)16(21-23)17(24)20-14-8-6-13(7-9-14)18(25)22-10-4-3-5-11-22/h6-9,12H,2-5,10-11H2,1H3,(H,20,24). The van der Waals surface area contributed by atoms with Gasteiger partial charge < -0.3 is 10.2 Å². The maximum absolute atomic E-state index is 12.4. The van der Waals surface area contributed by atoms with E-state index in [2.05, 4.69) is 10.4 Å². The fourth-order valence-electron chi connectivity index (χ4n) is 2.88. The van der Waals surface area contributed by atoms with Crippen molar-refractivity contribution < 1.29 is 9.59 Å². The van der Waals surface area contributed by atoms with E-state index in [9.17, 15) is 9.59 Å². The normalized spacial score (nSPS) is 14.4. The van der Waals surface area contributed by atoms with Crippen LogP contribution < -0.4 is 5.32 Å². The third kappa shape index (κ3) is 4.02. The van der Waals surface area contributed by atoms with Gasteiger partial charge >= 0.3 is 0 Å². The van der Waals surface area contributed by atoms with Crippen LogP contribution in [0.2, 0.25) is 5.02 Å². The summed E-state index contributed by atoms with van der Waals surface area (Å²) in [6.45, 7) is 4.19. The summed E-state index contributed by atoms with van der Waals surface area (Å²) in [6.07, 6.45) is 4.93. The molecule has 7 heteroatoms. The van der Waals surface area contributed by atoms with Crippen molar-refractivity contribution in [3.8, 4) is 0 Å². The predicted molar refractivity (Wildman–Crippen MR) is 97.1 cm³/mol. The second-order valence-corrected chi connectivity index (χ2v) is 6.47. The van der Waals surface area contributed by atoms with Crippen LogP contribution in [0.4, 0.5) is 5.69 Å². The van der Waals surface area contributed by atoms with Gasteiger partial charge in [0.05, 0.1) is 5.02 Å². The largest absolute Gasteiger partial charge is 0.339 e. The molecule has 0 spiro atoms. The van der Waals surface area contributed by atoms with E-state index < -0.39 is 0 Å². The molecule has 1 saturated heterocycles. The van der Waals surface area contributed by atoms with Gasteiger partial charge in [0.15, 0.2) is 5.69 Å². The monoisotopic (exact) mass is 360 g/mol. The van der Waals surface area contributed by atoms with Crippen LogP contribution in [0, 0.1) is 0 Å². The number of hydrogen-bond acceptors (Lipinski definition) is 3. The number of rotatable bonds is 4. The molecular formula is C18H21ClN4O2. The van der Waals surface area contributed by atoms with Gasteiger partial charge in [0.2, 0.25) is 0 Å². The molecule has 25 heavy (non-hydrogen) atoms. The molecule has 2 amide bonds. The van der Waals surface area contributed by atoms with E-state index in [0.717, 1.165) is 25.9 Å². The van der Waals surface area contributed by atoms with Gasteiger partial charge in [0.1, 0.15) is 0 Å². The fraction of sp³-hybridized carbons (Fsp3) is 0.389. The zero-order chi connectivity index (χ0) is 17.8. The lowest BCUT2D eigenvalue weighted by molar-refractivity contribution is 0.0724. The van der Waals surface area contributed by atoms with Crippen LogP contribution in [0.25, 0.3) is 0 Å². The van der Waals surface area contributed by atoms with Crippen LogP contribution in [-0.4, -0.2) is 39.6 Å². The first-order valence-corrected chi connectivity index (χ1v) is 8.90. The first-order chi connectivity index (χ1) is 12.1. The summed E-state index contributed by atoms with van der Waals surface area (Å²) in [7, 11) is 0. The minimum atomic E-state index is -0.368. The molecule has 1 aromatic heterocycles. The summed E-state index contributed by atoms with van der Waals surface area (Å²) >= 11 is 6.04. The lowest BCUT2D eigenvalue weighted by Gasteiger charge is -2.26. The average molecular weight is 361 g/mol. The number of nitrogens with zero attached hydrogens (tertiary/aromatic N) is 3. The second kappa shape index (κ2) is 7.70. The van der Waals surface area contributed by atoms with Gasteiger partial charge in [-0.1, -0.05) is 11.6 Å². The Hall–Kier alpha value is -2.34. The maximum atomic E-state index is 12.4. The van der Waals surface area contributed by atoms with Crippen molar-refractivity contribution in [3.05, 3.63) is 46.7 Å². The van der Waals surface area contributed by atoms with E-state index in [1.165, 1.54) is 6.42 Å². The second-order valence-electron chi connectivity index (χ2n) is 6.07. The molecule has 0 radical (unpaired) electrons. The first-order valence-electron chi connectivity index (χ1n) is 8.52. The third-order valence-electron chi connectivity index (χ3n) is 4.29. The highest BCUT2D eigenvalue weighted by Gasteiger charge is 2.19. The number of carbonyl (C=O) groups is 2. The van der Waals surface area contributed by atoms with Crippen LogP contribution in [-0.2, 0) is 6.54 Å².